The lowest BCUT2D eigenvalue weighted by Gasteiger charge is -2.25. The van der Waals surface area contributed by atoms with Crippen molar-refractivity contribution in [1.82, 2.24) is 37.7 Å². The van der Waals surface area contributed by atoms with Crippen LogP contribution in [0, 0.1) is 71.0 Å². The van der Waals surface area contributed by atoms with E-state index < -0.39 is 0 Å². The van der Waals surface area contributed by atoms with Crippen LogP contribution in [0.2, 0.25) is 0 Å². The fraction of sp³-hybridized carbons (Fsp3) is 0.400. The second-order valence-electron chi connectivity index (χ2n) is 48.7. The third-order valence-corrected chi connectivity index (χ3v) is 26.6. The Labute approximate surface area is 782 Å². The van der Waals surface area contributed by atoms with Crippen LogP contribution in [0.5, 0.6) is 0 Å². The predicted molar refractivity (Wildman–Crippen MR) is 560 cm³/mol. The van der Waals surface area contributed by atoms with E-state index in [1.165, 1.54) is 199 Å². The zero-order valence-corrected chi connectivity index (χ0v) is 85.5. The molecule has 20 rings (SSSR count). The Morgan fingerprint density at radius 2 is 0.629 bits per heavy atom. The van der Waals surface area contributed by atoms with Crippen LogP contribution in [0.25, 0.3) is 154 Å². The summed E-state index contributed by atoms with van der Waals surface area (Å²) in [4.78, 5) is 19.8. The lowest BCUT2D eigenvalue weighted by atomic mass is 9.80. The normalized spacial score (nSPS) is 13.1. The highest BCUT2D eigenvalue weighted by molar-refractivity contribution is 6.16. The summed E-state index contributed by atoms with van der Waals surface area (Å²) in [6.07, 6.45) is 16.2. The molecule has 0 saturated carbocycles. The zero-order valence-electron chi connectivity index (χ0n) is 85.5. The Balaban J connectivity index is 0.000000123. The molecule has 0 aliphatic carbocycles. The van der Waals surface area contributed by atoms with Gasteiger partial charge in [0.25, 0.3) is 22.6 Å². The maximum atomic E-state index is 4.96. The number of pyridine rings is 8. The van der Waals surface area contributed by atoms with Gasteiger partial charge in [-0.3, -0.25) is 19.9 Å². The number of benzene rings is 8. The minimum absolute atomic E-state index is 0.174. The average Bonchev–Trinajstić information content (AvgIpc) is 1.54. The van der Waals surface area contributed by atoms with Gasteiger partial charge < -0.3 is 0 Å². The molecule has 0 amide bonds. The van der Waals surface area contributed by atoms with E-state index in [0.29, 0.717) is 0 Å². The van der Waals surface area contributed by atoms with Crippen molar-refractivity contribution < 1.29 is 18.1 Å². The molecule has 0 aliphatic rings. The monoisotopic (exact) mass is 1750 g/mol. The number of para-hydroxylation sites is 5. The van der Waals surface area contributed by atoms with E-state index in [0.717, 1.165) is 73.4 Å². The van der Waals surface area contributed by atoms with Gasteiger partial charge >= 0.3 is 0 Å². The number of imidazole rings is 4. The first-order chi connectivity index (χ1) is 61.8. The molecule has 12 nitrogen and oxygen atoms in total. The van der Waals surface area contributed by atoms with E-state index in [1.54, 1.807) is 0 Å². The number of aryl methyl sites for hydroxylation is 8. The van der Waals surface area contributed by atoms with Gasteiger partial charge in [-0.25, -0.2) is 18.3 Å². The van der Waals surface area contributed by atoms with E-state index >= 15 is 0 Å². The van der Waals surface area contributed by atoms with Crippen LogP contribution in [-0.4, -0.2) is 37.7 Å². The molecule has 0 fully saturated rings. The van der Waals surface area contributed by atoms with E-state index in [4.69, 9.17) is 19.9 Å². The van der Waals surface area contributed by atoms with E-state index in [2.05, 4.69) is 428 Å². The van der Waals surface area contributed by atoms with Crippen LogP contribution in [-0.2, 0) is 79.6 Å². The number of hydrogen-bond acceptors (Lipinski definition) is 4. The van der Waals surface area contributed by atoms with Gasteiger partial charge in [0.15, 0.2) is 44.1 Å². The Kier molecular flexibility index (Phi) is 23.1. The molecule has 0 spiro atoms. The maximum Gasteiger partial charge on any atom is 0.297 e. The number of aromatic nitrogens is 12. The SMILES string of the molecule is Cc1ccnc2c3c(CC(C)(C)C)cccc3[n+]3c4ccc(CC(C)(C)C)cc4n(C)c3c12.Cc1ccnc2c3cc(CC(C)(C)C)c(CC(C)(C)C)cc3n3c4ccccc4[n+](C)c3c12.Cc1ccnc2c3ccc(CC(C)(C)C)c(CC(C)(C)C)c3n3c4ccccc4[n+](C)c3c12.Cc1ccnc2c3cccc(CC(C)(C)C)c3n3c4cc(CC(C)(C)C)ccc4[n+](C)c3c12. The van der Waals surface area contributed by atoms with Crippen molar-refractivity contribution in [3.05, 3.63) is 261 Å². The quantitative estimate of drug-likeness (QED) is 0.112. The van der Waals surface area contributed by atoms with Gasteiger partial charge in [0.1, 0.15) is 22.1 Å². The van der Waals surface area contributed by atoms with Gasteiger partial charge in [-0.1, -0.05) is 233 Å². The van der Waals surface area contributed by atoms with Gasteiger partial charge in [0.2, 0.25) is 0 Å². The molecule has 0 saturated heterocycles. The average molecular weight is 1750 g/mol. The molecule has 680 valence electrons. The first-order valence-electron chi connectivity index (χ1n) is 48.3. The van der Waals surface area contributed by atoms with E-state index in [9.17, 15) is 0 Å². The highest BCUT2D eigenvalue weighted by Gasteiger charge is 2.36. The van der Waals surface area contributed by atoms with Crippen LogP contribution in [0.15, 0.2) is 195 Å². The molecule has 12 aromatic heterocycles. The topological polar surface area (TPSA) is 85.5 Å². The minimum Gasteiger partial charge on any atom is -0.255 e. The summed E-state index contributed by atoms with van der Waals surface area (Å²) in [5, 5.41) is 10.0. The molecular weight excluding hydrogens is 1610 g/mol. The first-order valence-corrected chi connectivity index (χ1v) is 48.3. The second-order valence-corrected chi connectivity index (χ2v) is 48.7. The summed E-state index contributed by atoms with van der Waals surface area (Å²) in [6, 6.07) is 63.2. The van der Waals surface area contributed by atoms with Crippen LogP contribution >= 0.6 is 0 Å². The van der Waals surface area contributed by atoms with Gasteiger partial charge in [-0.05, 0) is 281 Å². The third-order valence-electron chi connectivity index (χ3n) is 26.6. The van der Waals surface area contributed by atoms with Crippen molar-refractivity contribution in [1.29, 1.82) is 0 Å². The van der Waals surface area contributed by atoms with Crippen molar-refractivity contribution in [2.45, 2.75) is 245 Å². The largest absolute Gasteiger partial charge is 0.297 e. The number of hydrogen-bond donors (Lipinski definition) is 0. The Morgan fingerprint density at radius 1 is 0.258 bits per heavy atom. The molecule has 0 aliphatic heterocycles. The van der Waals surface area contributed by atoms with E-state index in [1.807, 2.05) is 24.8 Å². The molecule has 0 radical (unpaired) electrons. The molecule has 8 aromatic carbocycles. The second kappa shape index (κ2) is 33.2. The van der Waals surface area contributed by atoms with Crippen molar-refractivity contribution in [2.75, 3.05) is 0 Å². The molecule has 12 heteroatoms. The van der Waals surface area contributed by atoms with Crippen molar-refractivity contribution >= 4 is 154 Å². The first kappa shape index (κ1) is 92.1. The van der Waals surface area contributed by atoms with Gasteiger partial charge in [0, 0.05) is 52.1 Å². The number of fused-ring (bicyclic) bond motifs is 32. The molecule has 0 unspecified atom stereocenters. The number of nitrogens with zero attached hydrogens (tertiary/aromatic N) is 12. The van der Waals surface area contributed by atoms with Gasteiger partial charge in [-0.2, -0.15) is 17.6 Å². The summed E-state index contributed by atoms with van der Waals surface area (Å²) < 4.78 is 19.4. The number of rotatable bonds is 8. The van der Waals surface area contributed by atoms with E-state index in [-0.39, 0.29) is 43.3 Å². The molecule has 12 heterocycles. The lowest BCUT2D eigenvalue weighted by molar-refractivity contribution is -0.617. The van der Waals surface area contributed by atoms with Crippen molar-refractivity contribution in [3.8, 4) is 0 Å². The standard InChI is InChI=1S/4C30H36N3/c1-19-14-15-31-27-25(19)28-32(8)24-16-20(17-29(2,3)4)12-13-22(24)33(28)23-11-9-10-21(26(23)27)18-30(5,6)7;1-19-14-15-31-26-22-11-9-10-21(18-30(5,6)7)27(22)33-24-16-20(17-29(2,3)4)12-13-23(24)32(8)28(33)25(19)26;1-19-13-14-31-27-22-15-20(17-29(2,3)4)21(18-30(5,6)7)16-25(22)33-24-12-10-9-11-23(24)32(8)28(33)26(19)27;1-19-15-16-31-26-21-14-13-20(17-29(2,3)4)22(18-30(5,6)7)27(21)33-24-12-10-9-11-23(24)32(8)28(33)25(19)26/h4*9-16H,17-18H2,1-8H3/q4*+1. The molecule has 132 heavy (non-hydrogen) atoms. The summed E-state index contributed by atoms with van der Waals surface area (Å²) in [5.41, 5.74) is 42.7. The maximum absolute atomic E-state index is 4.96. The van der Waals surface area contributed by atoms with Crippen molar-refractivity contribution in [3.63, 3.8) is 0 Å². The Bertz CT molecular complexity index is 7970. The van der Waals surface area contributed by atoms with Crippen LogP contribution in [0.4, 0.5) is 0 Å². The smallest absolute Gasteiger partial charge is 0.255 e. The fourth-order valence-electron chi connectivity index (χ4n) is 21.7. The molecule has 0 atom stereocenters. The zero-order chi connectivity index (χ0) is 94.8. The van der Waals surface area contributed by atoms with Crippen LogP contribution in [0.3, 0.4) is 0 Å². The summed E-state index contributed by atoms with van der Waals surface area (Å²) in [7, 11) is 8.78. The summed E-state index contributed by atoms with van der Waals surface area (Å²) >= 11 is 0. The molecule has 0 N–H and O–H groups in total. The highest BCUT2D eigenvalue weighted by Crippen LogP contribution is 2.44. The van der Waals surface area contributed by atoms with Crippen molar-refractivity contribution in [2.24, 2.45) is 71.5 Å². The van der Waals surface area contributed by atoms with Crippen LogP contribution < -0.4 is 18.1 Å². The molecule has 20 aromatic rings. The minimum atomic E-state index is 0.174. The fourth-order valence-corrected chi connectivity index (χ4v) is 21.7. The molecule has 0 bridgehead atoms. The van der Waals surface area contributed by atoms with Gasteiger partial charge in [0.05, 0.1) is 77.2 Å². The molecular formula is C120H144N12+4. The third kappa shape index (κ3) is 17.4. The lowest BCUT2D eigenvalue weighted by Crippen LogP contribution is -2.27. The van der Waals surface area contributed by atoms with Crippen LogP contribution in [0.1, 0.15) is 233 Å². The summed E-state index contributed by atoms with van der Waals surface area (Å²) in [5.74, 6) is 0. The Morgan fingerprint density at radius 3 is 1.13 bits per heavy atom. The Hall–Kier alpha value is -11.8. The highest BCUT2D eigenvalue weighted by atomic mass is 15.1. The predicted octanol–water partition coefficient (Wildman–Crippen LogP) is 28.4. The van der Waals surface area contributed by atoms with Gasteiger partial charge in [-0.15, -0.1) is 0 Å². The summed E-state index contributed by atoms with van der Waals surface area (Å²) in [6.45, 7) is 64.7.